The van der Waals surface area contributed by atoms with E-state index in [2.05, 4.69) is 15.2 Å². The monoisotopic (exact) mass is 269 g/mol. The van der Waals surface area contributed by atoms with Crippen molar-refractivity contribution in [2.45, 2.75) is 6.04 Å². The van der Waals surface area contributed by atoms with Crippen molar-refractivity contribution in [2.75, 3.05) is 38.2 Å². The molecule has 6 heteroatoms. The van der Waals surface area contributed by atoms with Gasteiger partial charge >= 0.3 is 0 Å². The third kappa shape index (κ3) is 3.28. The highest BCUT2D eigenvalue weighted by molar-refractivity contribution is 7.91. The summed E-state index contributed by atoms with van der Waals surface area (Å²) in [6.07, 6.45) is 3.55. The summed E-state index contributed by atoms with van der Waals surface area (Å²) in [7, 11) is -0.909. The fourth-order valence-corrected chi connectivity index (χ4v) is 3.50. The lowest BCUT2D eigenvalue weighted by Crippen LogP contribution is -2.44. The molecule has 0 spiro atoms. The van der Waals surface area contributed by atoms with Crippen LogP contribution >= 0.6 is 0 Å². The Hall–Kier alpha value is -0.980. The number of rotatable bonds is 4. The number of hydrogen-bond donors (Lipinski definition) is 1. The molecule has 5 nitrogen and oxygen atoms in total. The first-order valence-electron chi connectivity index (χ1n) is 6.11. The average molecular weight is 269 g/mol. The van der Waals surface area contributed by atoms with E-state index in [9.17, 15) is 8.42 Å². The van der Waals surface area contributed by atoms with Gasteiger partial charge in [0, 0.05) is 38.1 Å². The Labute approximate surface area is 108 Å². The molecule has 0 radical (unpaired) electrons. The number of nitrogens with zero attached hydrogens (tertiary/aromatic N) is 2. The topological polar surface area (TPSA) is 62.3 Å². The third-order valence-corrected chi connectivity index (χ3v) is 4.92. The molecule has 0 amide bonds. The van der Waals surface area contributed by atoms with Gasteiger partial charge in [-0.15, -0.1) is 0 Å². The zero-order valence-electron chi connectivity index (χ0n) is 10.5. The Bertz CT molecular complexity index is 461. The minimum atomic E-state index is -2.82. The normalized spacial score (nSPS) is 21.6. The molecule has 0 aromatic carbocycles. The summed E-state index contributed by atoms with van der Waals surface area (Å²) in [5.74, 6) is 0.524. The van der Waals surface area contributed by atoms with E-state index < -0.39 is 9.84 Å². The van der Waals surface area contributed by atoms with Gasteiger partial charge in [0.05, 0.1) is 11.5 Å². The smallest absolute Gasteiger partial charge is 0.152 e. The predicted octanol–water partition coefficient (Wildman–Crippen LogP) is 0.0725. The van der Waals surface area contributed by atoms with Gasteiger partial charge in [0.25, 0.3) is 0 Å². The van der Waals surface area contributed by atoms with E-state index in [1.807, 2.05) is 19.2 Å². The first-order valence-corrected chi connectivity index (χ1v) is 7.93. The summed E-state index contributed by atoms with van der Waals surface area (Å²) in [4.78, 5) is 6.25. The van der Waals surface area contributed by atoms with Gasteiger partial charge in [-0.2, -0.15) is 0 Å². The molecular weight excluding hydrogens is 250 g/mol. The molecule has 0 bridgehead atoms. The van der Waals surface area contributed by atoms with Crippen molar-refractivity contribution >= 4 is 9.84 Å². The summed E-state index contributed by atoms with van der Waals surface area (Å²) < 4.78 is 22.9. The minimum absolute atomic E-state index is 0.216. The number of sulfone groups is 1. The second-order valence-corrected chi connectivity index (χ2v) is 6.85. The summed E-state index contributed by atoms with van der Waals surface area (Å²) in [5, 5.41) is 3.17. The van der Waals surface area contributed by atoms with Crippen LogP contribution in [0.25, 0.3) is 0 Å². The number of likely N-dealkylation sites (N-methyl/N-ethyl adjacent to an activating group) is 1. The maximum atomic E-state index is 11.5. The summed E-state index contributed by atoms with van der Waals surface area (Å²) >= 11 is 0. The van der Waals surface area contributed by atoms with Gasteiger partial charge in [-0.1, -0.05) is 0 Å². The van der Waals surface area contributed by atoms with E-state index >= 15 is 0 Å². The van der Waals surface area contributed by atoms with Crippen LogP contribution in [0.15, 0.2) is 24.5 Å². The fourth-order valence-electron chi connectivity index (χ4n) is 2.27. The quantitative estimate of drug-likeness (QED) is 0.838. The zero-order chi connectivity index (χ0) is 13.0. The van der Waals surface area contributed by atoms with Crippen LogP contribution in [0, 0.1) is 0 Å². The van der Waals surface area contributed by atoms with E-state index in [1.54, 1.807) is 12.4 Å². The van der Waals surface area contributed by atoms with Gasteiger partial charge in [0.2, 0.25) is 0 Å². The molecule has 2 rings (SSSR count). The number of aromatic nitrogens is 1. The van der Waals surface area contributed by atoms with Crippen LogP contribution in [0.4, 0.5) is 0 Å². The summed E-state index contributed by atoms with van der Waals surface area (Å²) in [5.41, 5.74) is 1.18. The van der Waals surface area contributed by atoms with Crippen molar-refractivity contribution in [1.82, 2.24) is 15.2 Å². The lowest BCUT2D eigenvalue weighted by molar-refractivity contribution is 0.211. The van der Waals surface area contributed by atoms with E-state index in [0.717, 1.165) is 6.54 Å². The molecule has 1 unspecified atom stereocenters. The van der Waals surface area contributed by atoms with Crippen LogP contribution in [-0.4, -0.2) is 56.5 Å². The Kier molecular flexibility index (Phi) is 4.31. The molecule has 1 aliphatic heterocycles. The largest absolute Gasteiger partial charge is 0.318 e. The molecule has 100 valence electrons. The second-order valence-electron chi connectivity index (χ2n) is 4.54. The highest BCUT2D eigenvalue weighted by Crippen LogP contribution is 2.21. The van der Waals surface area contributed by atoms with Gasteiger partial charge in [-0.05, 0) is 24.7 Å². The van der Waals surface area contributed by atoms with E-state index in [1.165, 1.54) is 5.56 Å². The molecular formula is C12H19N3O2S. The Morgan fingerprint density at radius 1 is 1.33 bits per heavy atom. The molecule has 18 heavy (non-hydrogen) atoms. The Morgan fingerprint density at radius 2 is 1.94 bits per heavy atom. The van der Waals surface area contributed by atoms with Crippen LogP contribution in [0.2, 0.25) is 0 Å². The molecule has 0 aliphatic carbocycles. The molecule has 1 N–H and O–H groups in total. The van der Waals surface area contributed by atoms with E-state index in [0.29, 0.717) is 13.1 Å². The van der Waals surface area contributed by atoms with Gasteiger partial charge in [-0.25, -0.2) is 8.42 Å². The van der Waals surface area contributed by atoms with Crippen molar-refractivity contribution < 1.29 is 8.42 Å². The van der Waals surface area contributed by atoms with Crippen molar-refractivity contribution in [3.8, 4) is 0 Å². The van der Waals surface area contributed by atoms with Crippen molar-refractivity contribution in [3.63, 3.8) is 0 Å². The molecule has 1 aromatic rings. The van der Waals surface area contributed by atoms with E-state index in [-0.39, 0.29) is 17.5 Å². The maximum absolute atomic E-state index is 11.5. The average Bonchev–Trinajstić information content (AvgIpc) is 2.38. The van der Waals surface area contributed by atoms with Crippen LogP contribution < -0.4 is 5.32 Å². The summed E-state index contributed by atoms with van der Waals surface area (Å²) in [6, 6.07) is 4.20. The van der Waals surface area contributed by atoms with Gasteiger partial charge in [0.1, 0.15) is 0 Å². The highest BCUT2D eigenvalue weighted by Gasteiger charge is 2.27. The predicted molar refractivity (Wildman–Crippen MR) is 71.1 cm³/mol. The fraction of sp³-hybridized carbons (Fsp3) is 0.583. The molecule has 1 fully saturated rings. The van der Waals surface area contributed by atoms with Crippen LogP contribution in [0.5, 0.6) is 0 Å². The Morgan fingerprint density at radius 3 is 2.50 bits per heavy atom. The van der Waals surface area contributed by atoms with Crippen molar-refractivity contribution in [3.05, 3.63) is 30.1 Å². The summed E-state index contributed by atoms with van der Waals surface area (Å²) in [6.45, 7) is 2.03. The molecule has 0 saturated carbocycles. The lowest BCUT2D eigenvalue weighted by Gasteiger charge is -2.34. The minimum Gasteiger partial charge on any atom is -0.318 e. The molecule has 1 atom stereocenters. The lowest BCUT2D eigenvalue weighted by atomic mass is 10.1. The molecule has 2 heterocycles. The maximum Gasteiger partial charge on any atom is 0.152 e. The third-order valence-electron chi connectivity index (χ3n) is 3.31. The Balaban J connectivity index is 2.12. The first-order chi connectivity index (χ1) is 8.62. The van der Waals surface area contributed by atoms with Crippen molar-refractivity contribution in [1.29, 1.82) is 0 Å². The zero-order valence-corrected chi connectivity index (χ0v) is 11.4. The highest BCUT2D eigenvalue weighted by atomic mass is 32.2. The number of hydrogen-bond acceptors (Lipinski definition) is 5. The van der Waals surface area contributed by atoms with Gasteiger partial charge in [-0.3, -0.25) is 9.88 Å². The first kappa shape index (κ1) is 13.5. The molecule has 1 aromatic heterocycles. The number of nitrogens with one attached hydrogen (secondary N) is 1. The number of pyridine rings is 1. The van der Waals surface area contributed by atoms with Crippen LogP contribution in [-0.2, 0) is 9.84 Å². The van der Waals surface area contributed by atoms with E-state index in [4.69, 9.17) is 0 Å². The van der Waals surface area contributed by atoms with Crippen LogP contribution in [0.3, 0.4) is 0 Å². The van der Waals surface area contributed by atoms with Crippen LogP contribution in [0.1, 0.15) is 11.6 Å². The standard InChI is InChI=1S/C12H19N3O2S/c1-13-10-12(11-2-4-14-5-3-11)15-6-8-18(16,17)9-7-15/h2-5,12-13H,6-10H2,1H3. The second kappa shape index (κ2) is 5.77. The van der Waals surface area contributed by atoms with Crippen molar-refractivity contribution in [2.24, 2.45) is 0 Å². The van der Waals surface area contributed by atoms with Gasteiger partial charge < -0.3 is 5.32 Å². The SMILES string of the molecule is CNCC(c1ccncc1)N1CCS(=O)(=O)CC1. The van der Waals surface area contributed by atoms with Gasteiger partial charge in [0.15, 0.2) is 9.84 Å². The molecule has 1 saturated heterocycles. The molecule has 1 aliphatic rings.